The number of aromatic nitrogens is 2. The van der Waals surface area contributed by atoms with Gasteiger partial charge in [0.05, 0.1) is 12.2 Å². The summed E-state index contributed by atoms with van der Waals surface area (Å²) in [4.78, 5) is 90.7. The summed E-state index contributed by atoms with van der Waals surface area (Å²) in [6.45, 7) is 15.2. The number of amides is 5. The first kappa shape index (κ1) is 38.5. The zero-order valence-corrected chi connectivity index (χ0v) is 29.8. The summed E-state index contributed by atoms with van der Waals surface area (Å²) in [7, 11) is 0. The monoisotopic (exact) mass is 669 g/mol. The quantitative estimate of drug-likeness (QED) is 0.206. The third-order valence-corrected chi connectivity index (χ3v) is 9.84. The molecule has 1 aliphatic carbocycles. The molecule has 13 nitrogen and oxygen atoms in total. The Morgan fingerprint density at radius 3 is 2.23 bits per heavy atom. The van der Waals surface area contributed by atoms with Crippen molar-refractivity contribution in [3.8, 4) is 0 Å². The van der Waals surface area contributed by atoms with E-state index in [1.54, 1.807) is 4.90 Å². The Labute approximate surface area is 284 Å². The fraction of sp³-hybridized carbons (Fsp3) is 0.714. The van der Waals surface area contributed by atoms with E-state index in [4.69, 9.17) is 0 Å². The summed E-state index contributed by atoms with van der Waals surface area (Å²) < 4.78 is 0. The number of Topliss-reactive ketones (excluding diaryl/α,β-unsaturated/α-hetero) is 1. The van der Waals surface area contributed by atoms with Gasteiger partial charge in [0, 0.05) is 25.0 Å². The van der Waals surface area contributed by atoms with Crippen LogP contribution in [0.4, 0.5) is 0 Å². The van der Waals surface area contributed by atoms with Crippen molar-refractivity contribution in [3.63, 3.8) is 0 Å². The smallest absolute Gasteiger partial charge is 0.289 e. The van der Waals surface area contributed by atoms with Crippen LogP contribution in [0.1, 0.15) is 111 Å². The Bertz CT molecular complexity index is 1320. The van der Waals surface area contributed by atoms with E-state index < -0.39 is 64.9 Å². The Hall–Kier alpha value is -3.90. The molecule has 0 radical (unpaired) electrons. The molecule has 13 heteroatoms. The minimum Gasteiger partial charge on any atom is -0.347 e. The van der Waals surface area contributed by atoms with Crippen molar-refractivity contribution in [1.29, 1.82) is 0 Å². The van der Waals surface area contributed by atoms with Crippen LogP contribution in [-0.2, 0) is 24.0 Å². The van der Waals surface area contributed by atoms with Crippen LogP contribution in [0.2, 0.25) is 0 Å². The number of hydrogen-bond acceptors (Lipinski definition) is 8. The SMILES string of the molecule is CCC[C@H](NC(=O)[C@@H]1[C@H]2CCC[C@H]2CN1C(=O)[C@@H](NC(=O)[C@@H](NC(=O)c1cnccn1)C(C)CC)C(C)(C)C)C(=O)C(=O)N[C@@H](C)CC. The highest BCUT2D eigenvalue weighted by Crippen LogP contribution is 2.43. The number of fused-ring (bicyclic) bond motifs is 1. The lowest BCUT2D eigenvalue weighted by Gasteiger charge is -2.37. The van der Waals surface area contributed by atoms with Gasteiger partial charge < -0.3 is 26.2 Å². The fourth-order valence-corrected chi connectivity index (χ4v) is 6.62. The second kappa shape index (κ2) is 17.0. The van der Waals surface area contributed by atoms with Crippen molar-refractivity contribution >= 4 is 35.3 Å². The van der Waals surface area contributed by atoms with Gasteiger partial charge in [0.1, 0.15) is 23.8 Å². The molecule has 2 fully saturated rings. The zero-order valence-electron chi connectivity index (χ0n) is 29.8. The second-order valence-corrected chi connectivity index (χ2v) is 14.5. The Morgan fingerprint density at radius 2 is 1.65 bits per heavy atom. The van der Waals surface area contributed by atoms with Crippen molar-refractivity contribution in [2.45, 2.75) is 131 Å². The molecule has 48 heavy (non-hydrogen) atoms. The molecule has 2 aliphatic rings. The predicted octanol–water partition coefficient (Wildman–Crippen LogP) is 2.55. The summed E-state index contributed by atoms with van der Waals surface area (Å²) in [6, 6.07) is -4.03. The van der Waals surface area contributed by atoms with E-state index in [0.29, 0.717) is 25.8 Å². The minimum atomic E-state index is -1.02. The van der Waals surface area contributed by atoms with Crippen molar-refractivity contribution in [2.75, 3.05) is 6.54 Å². The van der Waals surface area contributed by atoms with Crippen LogP contribution in [0.3, 0.4) is 0 Å². The second-order valence-electron chi connectivity index (χ2n) is 14.5. The van der Waals surface area contributed by atoms with Crippen LogP contribution >= 0.6 is 0 Å². The molecule has 2 heterocycles. The van der Waals surface area contributed by atoms with Crippen molar-refractivity contribution < 1.29 is 28.8 Å². The van der Waals surface area contributed by atoms with E-state index in [9.17, 15) is 28.8 Å². The molecule has 0 aromatic carbocycles. The maximum absolute atomic E-state index is 14.5. The summed E-state index contributed by atoms with van der Waals surface area (Å²) in [6.07, 6.45) is 8.78. The van der Waals surface area contributed by atoms with Crippen LogP contribution in [0.15, 0.2) is 18.6 Å². The number of likely N-dealkylation sites (tertiary alicyclic amines) is 1. The number of nitrogens with one attached hydrogen (secondary N) is 4. The number of ketones is 1. The standard InChI is InChI=1S/C35H55N7O6/c1-9-13-24(28(43)33(47)38-21(5)11-3)39-32(46)27-23-15-12-14-22(23)19-42(27)34(48)29(35(6,7)8)41-31(45)26(20(4)10-2)40-30(44)25-18-36-16-17-37-25/h16-18,20-24,26-27,29H,9-15,19H2,1-8H3,(H,38,47)(H,39,46)(H,40,44)(H,41,45)/t20?,21-,22-,23-,24-,26-,27-,29+/m0/s1. The summed E-state index contributed by atoms with van der Waals surface area (Å²) in [5.41, 5.74) is -0.688. The lowest BCUT2D eigenvalue weighted by Crippen LogP contribution is -2.62. The number of rotatable bonds is 15. The molecule has 5 amide bonds. The molecule has 4 N–H and O–H groups in total. The molecule has 1 aromatic rings. The van der Waals surface area contributed by atoms with Crippen LogP contribution < -0.4 is 21.3 Å². The van der Waals surface area contributed by atoms with Crippen LogP contribution in [0.25, 0.3) is 0 Å². The zero-order chi connectivity index (χ0) is 35.8. The molecular formula is C35H55N7O6. The van der Waals surface area contributed by atoms with E-state index in [-0.39, 0.29) is 35.9 Å². The predicted molar refractivity (Wildman–Crippen MR) is 180 cm³/mol. The van der Waals surface area contributed by atoms with E-state index in [1.807, 2.05) is 55.4 Å². The average molecular weight is 670 g/mol. The average Bonchev–Trinajstić information content (AvgIpc) is 3.66. The lowest BCUT2D eigenvalue weighted by atomic mass is 9.84. The van der Waals surface area contributed by atoms with Gasteiger partial charge in [0.25, 0.3) is 11.8 Å². The van der Waals surface area contributed by atoms with E-state index in [2.05, 4.69) is 31.2 Å². The number of carbonyl (C=O) groups excluding carboxylic acids is 6. The van der Waals surface area contributed by atoms with Gasteiger partial charge in [0.15, 0.2) is 0 Å². The van der Waals surface area contributed by atoms with Crippen LogP contribution in [0, 0.1) is 23.2 Å². The summed E-state index contributed by atoms with van der Waals surface area (Å²) in [5, 5.41) is 11.2. The first-order chi connectivity index (χ1) is 22.6. The Kier molecular flexibility index (Phi) is 13.6. The van der Waals surface area contributed by atoms with Gasteiger partial charge in [-0.3, -0.25) is 33.8 Å². The van der Waals surface area contributed by atoms with Gasteiger partial charge in [-0.15, -0.1) is 0 Å². The highest BCUT2D eigenvalue weighted by atomic mass is 16.2. The van der Waals surface area contributed by atoms with Gasteiger partial charge in [-0.1, -0.05) is 67.7 Å². The normalized spacial score (nSPS) is 22.0. The molecule has 266 valence electrons. The number of carbonyl (C=O) groups is 6. The number of nitrogens with zero attached hydrogens (tertiary/aromatic N) is 3. The molecule has 1 saturated carbocycles. The summed E-state index contributed by atoms with van der Waals surface area (Å²) >= 11 is 0. The topological polar surface area (TPSA) is 180 Å². The summed E-state index contributed by atoms with van der Waals surface area (Å²) in [5.74, 6) is -3.64. The molecule has 1 saturated heterocycles. The molecule has 0 spiro atoms. The molecular weight excluding hydrogens is 614 g/mol. The molecule has 0 bridgehead atoms. The van der Waals surface area contributed by atoms with Gasteiger partial charge >= 0.3 is 0 Å². The third kappa shape index (κ3) is 9.37. The van der Waals surface area contributed by atoms with E-state index >= 15 is 0 Å². The van der Waals surface area contributed by atoms with E-state index in [1.165, 1.54) is 18.6 Å². The molecule has 1 aliphatic heterocycles. The van der Waals surface area contributed by atoms with Crippen molar-refractivity contribution in [3.05, 3.63) is 24.3 Å². The van der Waals surface area contributed by atoms with Crippen LogP contribution in [0.5, 0.6) is 0 Å². The maximum atomic E-state index is 14.5. The van der Waals surface area contributed by atoms with Gasteiger partial charge in [0.2, 0.25) is 23.5 Å². The van der Waals surface area contributed by atoms with Crippen LogP contribution in [-0.4, -0.2) is 86.9 Å². The van der Waals surface area contributed by atoms with Gasteiger partial charge in [-0.05, 0) is 55.8 Å². The maximum Gasteiger partial charge on any atom is 0.289 e. The molecule has 1 aromatic heterocycles. The largest absolute Gasteiger partial charge is 0.347 e. The fourth-order valence-electron chi connectivity index (χ4n) is 6.62. The van der Waals surface area contributed by atoms with E-state index in [0.717, 1.165) is 19.3 Å². The first-order valence-electron chi connectivity index (χ1n) is 17.5. The van der Waals surface area contributed by atoms with Gasteiger partial charge in [-0.2, -0.15) is 0 Å². The minimum absolute atomic E-state index is 0.0664. The third-order valence-electron chi connectivity index (χ3n) is 9.84. The Morgan fingerprint density at radius 1 is 0.938 bits per heavy atom. The molecule has 8 atom stereocenters. The van der Waals surface area contributed by atoms with Crippen molar-refractivity contribution in [1.82, 2.24) is 36.1 Å². The number of hydrogen-bond donors (Lipinski definition) is 4. The Balaban J connectivity index is 1.86. The highest BCUT2D eigenvalue weighted by Gasteiger charge is 2.52. The van der Waals surface area contributed by atoms with Crippen molar-refractivity contribution in [2.24, 2.45) is 23.2 Å². The lowest BCUT2D eigenvalue weighted by molar-refractivity contribution is -0.146. The van der Waals surface area contributed by atoms with Gasteiger partial charge in [-0.25, -0.2) is 4.98 Å². The molecule has 3 rings (SSSR count). The highest BCUT2D eigenvalue weighted by molar-refractivity contribution is 6.38. The molecule has 1 unspecified atom stereocenters. The first-order valence-corrected chi connectivity index (χ1v) is 17.5.